The smallest absolute Gasteiger partial charge is 0.303 e. The minimum absolute atomic E-state index is 0. The molecule has 3 rings (SSSR count). The SMILES string of the molecule is CCN(CC[N+](C)(C)C)c1ccc(N=Nc2nc3c([N+](=O)[O-])cc([N+](=O)[O-])cc3s2)cc1.[Br-]. The van der Waals surface area contributed by atoms with Gasteiger partial charge in [-0.25, -0.2) is 4.98 Å². The Morgan fingerprint density at radius 1 is 1.06 bits per heavy atom. The van der Waals surface area contributed by atoms with Crippen molar-refractivity contribution in [2.45, 2.75) is 6.92 Å². The largest absolute Gasteiger partial charge is 1.00 e. The Morgan fingerprint density at radius 2 is 1.73 bits per heavy atom. The molecule has 11 nitrogen and oxygen atoms in total. The summed E-state index contributed by atoms with van der Waals surface area (Å²) in [6.07, 6.45) is 0. The average Bonchev–Trinajstić information content (AvgIpc) is 3.14. The molecule has 176 valence electrons. The third-order valence-corrected chi connectivity index (χ3v) is 5.63. The highest BCUT2D eigenvalue weighted by Gasteiger charge is 2.22. The number of azo groups is 1. The summed E-state index contributed by atoms with van der Waals surface area (Å²) in [5.41, 5.74) is 0.965. The first kappa shape index (κ1) is 26.2. The fourth-order valence-corrected chi connectivity index (χ4v) is 3.84. The summed E-state index contributed by atoms with van der Waals surface area (Å²) in [6, 6.07) is 9.78. The van der Waals surface area contributed by atoms with Crippen LogP contribution in [0, 0.1) is 20.2 Å². The number of non-ortho nitro benzene ring substituents is 2. The zero-order chi connectivity index (χ0) is 23.5. The predicted molar refractivity (Wildman–Crippen MR) is 124 cm³/mol. The zero-order valence-electron chi connectivity index (χ0n) is 18.6. The molecule has 33 heavy (non-hydrogen) atoms. The first-order valence-electron chi connectivity index (χ1n) is 9.88. The second kappa shape index (κ2) is 10.7. The monoisotopic (exact) mass is 537 g/mol. The van der Waals surface area contributed by atoms with E-state index in [1.807, 2.05) is 24.3 Å². The Labute approximate surface area is 205 Å². The number of benzene rings is 2. The minimum Gasteiger partial charge on any atom is -1.00 e. The van der Waals surface area contributed by atoms with E-state index >= 15 is 0 Å². The molecule has 0 spiro atoms. The van der Waals surface area contributed by atoms with Crippen LogP contribution < -0.4 is 21.9 Å². The van der Waals surface area contributed by atoms with Crippen LogP contribution in [0.15, 0.2) is 46.6 Å². The van der Waals surface area contributed by atoms with Crippen LogP contribution in [0.2, 0.25) is 0 Å². The van der Waals surface area contributed by atoms with Gasteiger partial charge in [0.1, 0.15) is 0 Å². The van der Waals surface area contributed by atoms with Crippen molar-refractivity contribution in [3.8, 4) is 0 Å². The molecule has 0 bridgehead atoms. The van der Waals surface area contributed by atoms with E-state index < -0.39 is 15.5 Å². The van der Waals surface area contributed by atoms with Gasteiger partial charge in [-0.1, -0.05) is 11.3 Å². The molecule has 0 fully saturated rings. The van der Waals surface area contributed by atoms with Gasteiger partial charge in [0.2, 0.25) is 5.13 Å². The minimum atomic E-state index is -0.688. The Bertz CT molecular complexity index is 1180. The number of likely N-dealkylation sites (N-methyl/N-ethyl adjacent to an activating group) is 2. The van der Waals surface area contributed by atoms with Gasteiger partial charge in [-0.3, -0.25) is 20.2 Å². The molecule has 13 heteroatoms. The van der Waals surface area contributed by atoms with Crippen LogP contribution in [0.4, 0.5) is 27.9 Å². The van der Waals surface area contributed by atoms with Gasteiger partial charge in [0.25, 0.3) is 5.69 Å². The Kier molecular flexibility index (Phi) is 8.52. The van der Waals surface area contributed by atoms with Gasteiger partial charge in [-0.2, -0.15) is 0 Å². The van der Waals surface area contributed by atoms with Gasteiger partial charge >= 0.3 is 5.69 Å². The van der Waals surface area contributed by atoms with Crippen molar-refractivity contribution in [1.29, 1.82) is 0 Å². The van der Waals surface area contributed by atoms with E-state index in [1.54, 1.807) is 0 Å². The lowest BCUT2D eigenvalue weighted by atomic mass is 10.2. The number of nitrogens with zero attached hydrogens (tertiary/aromatic N) is 7. The second-order valence-corrected chi connectivity index (χ2v) is 9.14. The van der Waals surface area contributed by atoms with Crippen molar-refractivity contribution < 1.29 is 31.3 Å². The zero-order valence-corrected chi connectivity index (χ0v) is 21.0. The van der Waals surface area contributed by atoms with E-state index in [4.69, 9.17) is 0 Å². The van der Waals surface area contributed by atoms with Crippen molar-refractivity contribution in [1.82, 2.24) is 4.98 Å². The molecule has 3 aromatic rings. The molecule has 0 atom stereocenters. The second-order valence-electron chi connectivity index (χ2n) is 8.13. The Balaban J connectivity index is 0.00000385. The quantitative estimate of drug-likeness (QED) is 0.178. The molecule has 1 aromatic heterocycles. The maximum absolute atomic E-state index is 11.3. The number of thiazole rings is 1. The number of anilines is 1. The fourth-order valence-electron chi connectivity index (χ4n) is 2.99. The highest BCUT2D eigenvalue weighted by molar-refractivity contribution is 7.22. The van der Waals surface area contributed by atoms with Gasteiger partial charge in [0.15, 0.2) is 5.52 Å². The molecule has 0 aliphatic rings. The maximum atomic E-state index is 11.3. The highest BCUT2D eigenvalue weighted by atomic mass is 79.9. The van der Waals surface area contributed by atoms with Crippen LogP contribution in [0.25, 0.3) is 10.2 Å². The van der Waals surface area contributed by atoms with Crippen molar-refractivity contribution in [2.75, 3.05) is 45.7 Å². The first-order valence-corrected chi connectivity index (χ1v) is 10.7. The molecule has 0 radical (unpaired) electrons. The molecule has 1 heterocycles. The standard InChI is InChI=1S/C20H24N7O4S.BrH/c1-5-24(10-11-27(2,3)4)15-8-6-14(7-9-15)22-23-20-21-19-17(26(30)31)12-16(25(28)29)13-18(19)32-20;/h6-9,12-13H,5,10-11H2,1-4H3;1H/q+1;/p-1. The predicted octanol–water partition coefficient (Wildman–Crippen LogP) is 2.06. The van der Waals surface area contributed by atoms with Crippen LogP contribution in [0.1, 0.15) is 6.92 Å². The molecule has 0 saturated carbocycles. The van der Waals surface area contributed by atoms with Gasteiger partial charge in [0, 0.05) is 18.3 Å². The third-order valence-electron chi connectivity index (χ3n) is 4.74. The van der Waals surface area contributed by atoms with E-state index in [0.29, 0.717) is 10.4 Å². The van der Waals surface area contributed by atoms with Gasteiger partial charge in [-0.05, 0) is 31.2 Å². The number of aromatic nitrogens is 1. The number of fused-ring (bicyclic) bond motifs is 1. The molecule has 0 N–H and O–H groups in total. The summed E-state index contributed by atoms with van der Waals surface area (Å²) in [4.78, 5) is 27.4. The van der Waals surface area contributed by atoms with Gasteiger partial charge < -0.3 is 26.4 Å². The number of quaternary nitrogens is 1. The molecule has 2 aromatic carbocycles. The van der Waals surface area contributed by atoms with E-state index in [2.05, 4.69) is 48.2 Å². The summed E-state index contributed by atoms with van der Waals surface area (Å²) >= 11 is 1.01. The molecule has 0 aliphatic carbocycles. The lowest BCUT2D eigenvalue weighted by Gasteiger charge is -2.29. The summed E-state index contributed by atoms with van der Waals surface area (Å²) in [6.45, 7) is 4.94. The number of hydrogen-bond acceptors (Lipinski definition) is 9. The van der Waals surface area contributed by atoms with Crippen molar-refractivity contribution >= 4 is 49.4 Å². The van der Waals surface area contributed by atoms with E-state index in [0.717, 1.165) is 47.2 Å². The summed E-state index contributed by atoms with van der Waals surface area (Å²) in [5.74, 6) is 0. The van der Waals surface area contributed by atoms with Crippen molar-refractivity contribution in [2.24, 2.45) is 10.2 Å². The number of halogens is 1. The van der Waals surface area contributed by atoms with E-state index in [-0.39, 0.29) is 33.3 Å². The summed E-state index contributed by atoms with van der Waals surface area (Å²) in [7, 11) is 6.48. The van der Waals surface area contributed by atoms with Crippen LogP contribution in [-0.2, 0) is 0 Å². The third kappa shape index (κ3) is 6.73. The fraction of sp³-hybridized carbons (Fsp3) is 0.350. The maximum Gasteiger partial charge on any atom is 0.303 e. The lowest BCUT2D eigenvalue weighted by Crippen LogP contribution is -3.00. The van der Waals surface area contributed by atoms with Crippen LogP contribution in [-0.4, -0.2) is 60.1 Å². The number of rotatable bonds is 9. The Morgan fingerprint density at radius 3 is 2.27 bits per heavy atom. The normalized spacial score (nSPS) is 11.5. The number of nitro groups is 2. The molecule has 0 aliphatic heterocycles. The Hall–Kier alpha value is -3.03. The summed E-state index contributed by atoms with van der Waals surface area (Å²) in [5, 5.41) is 30.7. The number of hydrogen-bond donors (Lipinski definition) is 0. The average molecular weight is 538 g/mol. The van der Waals surface area contributed by atoms with Crippen LogP contribution in [0.5, 0.6) is 0 Å². The molecule has 0 saturated heterocycles. The summed E-state index contributed by atoms with van der Waals surface area (Å²) < 4.78 is 1.19. The highest BCUT2D eigenvalue weighted by Crippen LogP contribution is 2.37. The topological polar surface area (TPSA) is 127 Å². The van der Waals surface area contributed by atoms with Crippen molar-refractivity contribution in [3.63, 3.8) is 0 Å². The molecule has 0 unspecified atom stereocenters. The molecule has 0 amide bonds. The molecular formula is C20H24BrN7O4S. The van der Waals surface area contributed by atoms with Crippen LogP contribution >= 0.6 is 11.3 Å². The van der Waals surface area contributed by atoms with E-state index in [9.17, 15) is 20.2 Å². The van der Waals surface area contributed by atoms with Crippen molar-refractivity contribution in [3.05, 3.63) is 56.6 Å². The first-order chi connectivity index (χ1) is 15.1. The lowest BCUT2D eigenvalue weighted by molar-refractivity contribution is -0.868. The number of nitro benzene ring substituents is 2. The van der Waals surface area contributed by atoms with E-state index in [1.165, 1.54) is 6.07 Å². The van der Waals surface area contributed by atoms with Gasteiger partial charge in [-0.15, -0.1) is 10.2 Å². The molecular weight excluding hydrogens is 514 g/mol. The van der Waals surface area contributed by atoms with Gasteiger partial charge in [0.05, 0.1) is 60.5 Å². The van der Waals surface area contributed by atoms with Crippen LogP contribution in [0.3, 0.4) is 0 Å².